The van der Waals surface area contributed by atoms with Gasteiger partial charge in [-0.25, -0.2) is 0 Å². The van der Waals surface area contributed by atoms with Crippen LogP contribution >= 0.6 is 0 Å². The first-order chi connectivity index (χ1) is 7.65. The second-order valence-corrected chi connectivity index (χ2v) is 4.40. The van der Waals surface area contributed by atoms with Crippen LogP contribution in [0.25, 0.3) is 0 Å². The van der Waals surface area contributed by atoms with E-state index < -0.39 is 0 Å². The number of amides is 1. The highest BCUT2D eigenvalue weighted by Crippen LogP contribution is 2.09. The summed E-state index contributed by atoms with van der Waals surface area (Å²) in [5.74, 6) is 0.320. The van der Waals surface area contributed by atoms with Crippen LogP contribution < -0.4 is 0 Å². The zero-order chi connectivity index (χ0) is 12.0. The zero-order valence-electron chi connectivity index (χ0n) is 10.4. The van der Waals surface area contributed by atoms with E-state index in [4.69, 9.17) is 0 Å². The second-order valence-electron chi connectivity index (χ2n) is 4.40. The minimum Gasteiger partial charge on any atom is -0.338 e. The lowest BCUT2D eigenvalue weighted by Crippen LogP contribution is -2.34. The molecular formula is C14H21NO. The summed E-state index contributed by atoms with van der Waals surface area (Å²) in [4.78, 5) is 13.9. The molecule has 0 unspecified atom stereocenters. The van der Waals surface area contributed by atoms with Crippen molar-refractivity contribution in [2.24, 2.45) is 5.92 Å². The monoisotopic (exact) mass is 219 g/mol. The van der Waals surface area contributed by atoms with Gasteiger partial charge >= 0.3 is 0 Å². The fraction of sp³-hybridized carbons (Fsp3) is 0.500. The number of carbonyl (C=O) groups is 1. The SMILES string of the molecule is CCCN(Cc1ccccc1)C(=O)C(C)C. The Morgan fingerprint density at radius 1 is 1.25 bits per heavy atom. The average molecular weight is 219 g/mol. The quantitative estimate of drug-likeness (QED) is 0.745. The zero-order valence-corrected chi connectivity index (χ0v) is 10.4. The molecule has 16 heavy (non-hydrogen) atoms. The molecule has 0 radical (unpaired) electrons. The summed E-state index contributed by atoms with van der Waals surface area (Å²) >= 11 is 0. The topological polar surface area (TPSA) is 20.3 Å². The van der Waals surface area contributed by atoms with Crippen molar-refractivity contribution in [3.05, 3.63) is 35.9 Å². The Balaban J connectivity index is 2.68. The Kier molecular flexibility index (Phi) is 5.03. The number of benzene rings is 1. The van der Waals surface area contributed by atoms with Gasteiger partial charge in [-0.05, 0) is 12.0 Å². The van der Waals surface area contributed by atoms with Crippen LogP contribution in [0.1, 0.15) is 32.8 Å². The normalized spacial score (nSPS) is 10.5. The summed E-state index contributed by atoms with van der Waals surface area (Å²) in [5, 5.41) is 0. The molecule has 0 aromatic heterocycles. The molecule has 0 saturated heterocycles. The molecular weight excluding hydrogens is 198 g/mol. The third-order valence-corrected chi connectivity index (χ3v) is 2.52. The maximum absolute atomic E-state index is 12.0. The summed E-state index contributed by atoms with van der Waals surface area (Å²) in [6.07, 6.45) is 1.01. The lowest BCUT2D eigenvalue weighted by molar-refractivity contribution is -0.135. The number of carbonyl (C=O) groups excluding carboxylic acids is 1. The van der Waals surface area contributed by atoms with Crippen LogP contribution in [-0.4, -0.2) is 17.4 Å². The summed E-state index contributed by atoms with van der Waals surface area (Å²) in [7, 11) is 0. The molecule has 2 nitrogen and oxygen atoms in total. The number of nitrogens with zero attached hydrogens (tertiary/aromatic N) is 1. The number of hydrogen-bond donors (Lipinski definition) is 0. The summed E-state index contributed by atoms with van der Waals surface area (Å²) < 4.78 is 0. The van der Waals surface area contributed by atoms with Crippen molar-refractivity contribution in [1.29, 1.82) is 0 Å². The lowest BCUT2D eigenvalue weighted by atomic mass is 10.1. The highest BCUT2D eigenvalue weighted by molar-refractivity contribution is 5.78. The fourth-order valence-corrected chi connectivity index (χ4v) is 1.71. The third-order valence-electron chi connectivity index (χ3n) is 2.52. The molecule has 1 aromatic rings. The first-order valence-corrected chi connectivity index (χ1v) is 5.97. The van der Waals surface area contributed by atoms with E-state index in [1.807, 2.05) is 36.9 Å². The van der Waals surface area contributed by atoms with Gasteiger partial charge in [-0.1, -0.05) is 51.1 Å². The fourth-order valence-electron chi connectivity index (χ4n) is 1.71. The van der Waals surface area contributed by atoms with Crippen molar-refractivity contribution in [2.75, 3.05) is 6.54 Å². The van der Waals surface area contributed by atoms with Crippen molar-refractivity contribution < 1.29 is 4.79 Å². The minimum atomic E-state index is 0.0789. The molecule has 1 aromatic carbocycles. The van der Waals surface area contributed by atoms with Crippen molar-refractivity contribution >= 4 is 5.91 Å². The van der Waals surface area contributed by atoms with Gasteiger partial charge in [0.2, 0.25) is 5.91 Å². The minimum absolute atomic E-state index is 0.0789. The van der Waals surface area contributed by atoms with E-state index in [-0.39, 0.29) is 11.8 Å². The van der Waals surface area contributed by atoms with Gasteiger partial charge in [0.15, 0.2) is 0 Å². The molecule has 88 valence electrons. The van der Waals surface area contributed by atoms with Crippen LogP contribution in [0.15, 0.2) is 30.3 Å². The van der Waals surface area contributed by atoms with Crippen molar-refractivity contribution in [1.82, 2.24) is 4.90 Å². The molecule has 0 fully saturated rings. The predicted octanol–water partition coefficient (Wildman–Crippen LogP) is 3.08. The molecule has 0 N–H and O–H groups in total. The van der Waals surface area contributed by atoms with Crippen molar-refractivity contribution in [3.63, 3.8) is 0 Å². The summed E-state index contributed by atoms with van der Waals surface area (Å²) in [5.41, 5.74) is 1.20. The number of rotatable bonds is 5. The van der Waals surface area contributed by atoms with Crippen LogP contribution in [0.3, 0.4) is 0 Å². The molecule has 0 aliphatic heterocycles. The maximum atomic E-state index is 12.0. The Bertz CT molecular complexity index is 319. The largest absolute Gasteiger partial charge is 0.338 e. The highest BCUT2D eigenvalue weighted by atomic mass is 16.2. The predicted molar refractivity (Wildman–Crippen MR) is 67.0 cm³/mol. The Morgan fingerprint density at radius 3 is 2.38 bits per heavy atom. The van der Waals surface area contributed by atoms with E-state index in [9.17, 15) is 4.79 Å². The average Bonchev–Trinajstić information content (AvgIpc) is 2.29. The van der Waals surface area contributed by atoms with Gasteiger partial charge in [0.25, 0.3) is 0 Å². The van der Waals surface area contributed by atoms with E-state index in [1.165, 1.54) is 5.56 Å². The third kappa shape index (κ3) is 3.69. The van der Waals surface area contributed by atoms with Gasteiger partial charge in [-0.3, -0.25) is 4.79 Å². The van der Waals surface area contributed by atoms with Gasteiger partial charge in [-0.2, -0.15) is 0 Å². The molecule has 0 aliphatic carbocycles. The smallest absolute Gasteiger partial charge is 0.225 e. The van der Waals surface area contributed by atoms with Gasteiger partial charge in [0.1, 0.15) is 0 Å². The molecule has 0 heterocycles. The van der Waals surface area contributed by atoms with E-state index in [0.29, 0.717) is 0 Å². The Hall–Kier alpha value is -1.31. The first-order valence-electron chi connectivity index (χ1n) is 5.97. The Morgan fingerprint density at radius 2 is 1.88 bits per heavy atom. The lowest BCUT2D eigenvalue weighted by Gasteiger charge is -2.24. The second kappa shape index (κ2) is 6.31. The first kappa shape index (κ1) is 12.8. The molecule has 0 aliphatic rings. The maximum Gasteiger partial charge on any atom is 0.225 e. The highest BCUT2D eigenvalue weighted by Gasteiger charge is 2.15. The standard InChI is InChI=1S/C14H21NO/c1-4-10-15(14(16)12(2)3)11-13-8-6-5-7-9-13/h5-9,12H,4,10-11H2,1-3H3. The van der Waals surface area contributed by atoms with Gasteiger partial charge in [0, 0.05) is 19.0 Å². The number of hydrogen-bond acceptors (Lipinski definition) is 1. The van der Waals surface area contributed by atoms with Crippen LogP contribution in [0.2, 0.25) is 0 Å². The van der Waals surface area contributed by atoms with Crippen molar-refractivity contribution in [2.45, 2.75) is 33.7 Å². The summed E-state index contributed by atoms with van der Waals surface area (Å²) in [6.45, 7) is 7.58. The van der Waals surface area contributed by atoms with Crippen LogP contribution in [0.5, 0.6) is 0 Å². The van der Waals surface area contributed by atoms with Gasteiger partial charge < -0.3 is 4.90 Å². The van der Waals surface area contributed by atoms with E-state index in [0.717, 1.165) is 19.5 Å². The van der Waals surface area contributed by atoms with Crippen LogP contribution in [0, 0.1) is 5.92 Å². The van der Waals surface area contributed by atoms with E-state index in [1.54, 1.807) is 0 Å². The molecule has 0 bridgehead atoms. The Labute approximate surface area is 98.3 Å². The molecule has 0 atom stereocenters. The van der Waals surface area contributed by atoms with Gasteiger partial charge in [-0.15, -0.1) is 0 Å². The van der Waals surface area contributed by atoms with Gasteiger partial charge in [0.05, 0.1) is 0 Å². The van der Waals surface area contributed by atoms with E-state index >= 15 is 0 Å². The summed E-state index contributed by atoms with van der Waals surface area (Å²) in [6, 6.07) is 10.2. The van der Waals surface area contributed by atoms with Crippen LogP contribution in [-0.2, 0) is 11.3 Å². The molecule has 1 rings (SSSR count). The molecule has 0 saturated carbocycles. The van der Waals surface area contributed by atoms with Crippen molar-refractivity contribution in [3.8, 4) is 0 Å². The molecule has 1 amide bonds. The molecule has 2 heteroatoms. The van der Waals surface area contributed by atoms with E-state index in [2.05, 4.69) is 19.1 Å². The van der Waals surface area contributed by atoms with Crippen LogP contribution in [0.4, 0.5) is 0 Å². The molecule has 0 spiro atoms.